The molecule has 0 fully saturated rings. The molecule has 4 N–H and O–H groups in total. The zero-order chi connectivity index (χ0) is 24.2. The van der Waals surface area contributed by atoms with Gasteiger partial charge in [0.2, 0.25) is 0 Å². The SMILES string of the molecule is Cc1ccc(S(=O)(=O)n2c(-c3cc(Cl)cc([C@@H](O)CO)c3)cc3c4c(ccc32)[C@H](N)CC4)cc1. The van der Waals surface area contributed by atoms with Crippen LogP contribution in [0.5, 0.6) is 0 Å². The molecule has 4 aromatic rings. The molecule has 0 aliphatic heterocycles. The Hall–Kier alpha value is -2.68. The van der Waals surface area contributed by atoms with Crippen molar-refractivity contribution in [1.29, 1.82) is 0 Å². The summed E-state index contributed by atoms with van der Waals surface area (Å²) in [5, 5.41) is 20.8. The van der Waals surface area contributed by atoms with Crippen LogP contribution in [-0.2, 0) is 16.4 Å². The smallest absolute Gasteiger partial charge is 0.268 e. The van der Waals surface area contributed by atoms with Crippen LogP contribution < -0.4 is 5.73 Å². The number of aliphatic hydroxyl groups excluding tert-OH is 2. The number of aromatic nitrogens is 1. The van der Waals surface area contributed by atoms with Gasteiger partial charge in [-0.2, -0.15) is 0 Å². The number of rotatable bonds is 5. The highest BCUT2D eigenvalue weighted by molar-refractivity contribution is 7.90. The van der Waals surface area contributed by atoms with E-state index in [1.165, 1.54) is 3.97 Å². The Morgan fingerprint density at radius 2 is 1.85 bits per heavy atom. The van der Waals surface area contributed by atoms with E-state index in [1.54, 1.807) is 42.5 Å². The largest absolute Gasteiger partial charge is 0.393 e. The molecule has 5 rings (SSSR count). The molecular weight excluding hydrogens is 472 g/mol. The van der Waals surface area contributed by atoms with Crippen LogP contribution in [0.4, 0.5) is 0 Å². The molecule has 1 heterocycles. The van der Waals surface area contributed by atoms with Crippen LogP contribution in [0, 0.1) is 6.92 Å². The third-order valence-electron chi connectivity index (χ3n) is 6.53. The van der Waals surface area contributed by atoms with E-state index in [1.807, 2.05) is 25.1 Å². The molecule has 34 heavy (non-hydrogen) atoms. The summed E-state index contributed by atoms with van der Waals surface area (Å²) in [6.45, 7) is 1.43. The molecule has 176 valence electrons. The van der Waals surface area contributed by atoms with Gasteiger partial charge in [0, 0.05) is 22.0 Å². The molecule has 0 saturated carbocycles. The minimum atomic E-state index is -3.97. The Balaban J connectivity index is 1.84. The van der Waals surface area contributed by atoms with Crippen LogP contribution in [0.3, 0.4) is 0 Å². The Kier molecular flexibility index (Phi) is 5.78. The van der Waals surface area contributed by atoms with Gasteiger partial charge < -0.3 is 15.9 Å². The average molecular weight is 497 g/mol. The van der Waals surface area contributed by atoms with Crippen LogP contribution in [0.1, 0.15) is 40.8 Å². The highest BCUT2D eigenvalue weighted by atomic mass is 35.5. The Morgan fingerprint density at radius 1 is 1.12 bits per heavy atom. The number of hydrogen-bond donors (Lipinski definition) is 3. The lowest BCUT2D eigenvalue weighted by Crippen LogP contribution is -2.14. The lowest BCUT2D eigenvalue weighted by atomic mass is 10.0. The second kappa shape index (κ2) is 8.52. The molecule has 1 aliphatic carbocycles. The van der Waals surface area contributed by atoms with E-state index in [4.69, 9.17) is 17.3 Å². The Morgan fingerprint density at radius 3 is 2.56 bits per heavy atom. The average Bonchev–Trinajstić information content (AvgIpc) is 3.39. The van der Waals surface area contributed by atoms with Gasteiger partial charge in [0.25, 0.3) is 10.0 Å². The van der Waals surface area contributed by atoms with Crippen molar-refractivity contribution in [2.24, 2.45) is 5.73 Å². The van der Waals surface area contributed by atoms with Crippen LogP contribution in [0.25, 0.3) is 22.2 Å². The maximum Gasteiger partial charge on any atom is 0.268 e. The third-order valence-corrected chi connectivity index (χ3v) is 8.49. The normalized spacial score (nSPS) is 16.7. The van der Waals surface area contributed by atoms with Gasteiger partial charge in [0.15, 0.2) is 0 Å². The van der Waals surface area contributed by atoms with E-state index < -0.39 is 22.7 Å². The first-order chi connectivity index (χ1) is 16.2. The quantitative estimate of drug-likeness (QED) is 0.378. The predicted molar refractivity (Wildman–Crippen MR) is 133 cm³/mol. The Bertz CT molecular complexity index is 1510. The zero-order valence-corrected chi connectivity index (χ0v) is 20.1. The molecule has 0 unspecified atom stereocenters. The van der Waals surface area contributed by atoms with Gasteiger partial charge in [-0.25, -0.2) is 12.4 Å². The molecule has 0 radical (unpaired) electrons. The highest BCUT2D eigenvalue weighted by Gasteiger charge is 2.29. The lowest BCUT2D eigenvalue weighted by Gasteiger charge is -2.15. The van der Waals surface area contributed by atoms with Crippen molar-refractivity contribution in [2.45, 2.75) is 36.8 Å². The molecule has 2 atom stereocenters. The number of benzene rings is 3. The number of fused-ring (bicyclic) bond motifs is 3. The summed E-state index contributed by atoms with van der Waals surface area (Å²) in [4.78, 5) is 0.173. The van der Waals surface area contributed by atoms with Gasteiger partial charge in [-0.3, -0.25) is 0 Å². The lowest BCUT2D eigenvalue weighted by molar-refractivity contribution is 0.0956. The van der Waals surface area contributed by atoms with Crippen molar-refractivity contribution in [3.8, 4) is 11.3 Å². The molecule has 0 spiro atoms. The van der Waals surface area contributed by atoms with E-state index in [9.17, 15) is 18.6 Å². The minimum absolute atomic E-state index is 0.0719. The number of nitrogens with zero attached hydrogens (tertiary/aromatic N) is 1. The third kappa shape index (κ3) is 3.74. The monoisotopic (exact) mass is 496 g/mol. The fraction of sp³-hybridized carbons (Fsp3) is 0.231. The summed E-state index contributed by atoms with van der Waals surface area (Å²) in [5.74, 6) is 0. The fourth-order valence-electron chi connectivity index (χ4n) is 4.75. The molecule has 3 aromatic carbocycles. The molecule has 1 aromatic heterocycles. The van der Waals surface area contributed by atoms with Gasteiger partial charge in [-0.1, -0.05) is 35.4 Å². The van der Waals surface area contributed by atoms with Gasteiger partial charge >= 0.3 is 0 Å². The number of hydrogen-bond acceptors (Lipinski definition) is 5. The number of aryl methyl sites for hydroxylation is 2. The number of halogens is 1. The van der Waals surface area contributed by atoms with Gasteiger partial charge in [-0.15, -0.1) is 0 Å². The highest BCUT2D eigenvalue weighted by Crippen LogP contribution is 2.40. The summed E-state index contributed by atoms with van der Waals surface area (Å²) in [5.41, 5.74) is 11.3. The maximum atomic E-state index is 14.0. The summed E-state index contributed by atoms with van der Waals surface area (Å²) in [6.07, 6.45) is 0.446. The molecule has 6 nitrogen and oxygen atoms in total. The maximum absolute atomic E-state index is 14.0. The van der Waals surface area contributed by atoms with Gasteiger partial charge in [0.05, 0.1) is 22.7 Å². The first kappa shape index (κ1) is 23.1. The van der Waals surface area contributed by atoms with E-state index in [0.717, 1.165) is 34.9 Å². The molecule has 0 saturated heterocycles. The second-order valence-electron chi connectivity index (χ2n) is 8.79. The second-order valence-corrected chi connectivity index (χ2v) is 11.0. The van der Waals surface area contributed by atoms with Crippen LogP contribution in [0.2, 0.25) is 5.02 Å². The summed E-state index contributed by atoms with van der Waals surface area (Å²) in [7, 11) is -3.97. The number of nitrogens with two attached hydrogens (primary N) is 1. The van der Waals surface area contributed by atoms with Crippen molar-refractivity contribution in [3.05, 3.63) is 87.9 Å². The molecule has 0 amide bonds. The van der Waals surface area contributed by atoms with Crippen molar-refractivity contribution < 1.29 is 18.6 Å². The predicted octanol–water partition coefficient (Wildman–Crippen LogP) is 4.48. The van der Waals surface area contributed by atoms with Gasteiger partial charge in [-0.05, 0) is 78.9 Å². The van der Waals surface area contributed by atoms with Crippen molar-refractivity contribution >= 4 is 32.5 Å². The molecule has 8 heteroatoms. The first-order valence-electron chi connectivity index (χ1n) is 11.1. The minimum Gasteiger partial charge on any atom is -0.393 e. The zero-order valence-electron chi connectivity index (χ0n) is 18.6. The molecule has 1 aliphatic rings. The Labute approximate surface area is 203 Å². The first-order valence-corrected chi connectivity index (χ1v) is 12.9. The van der Waals surface area contributed by atoms with E-state index >= 15 is 0 Å². The van der Waals surface area contributed by atoms with Crippen molar-refractivity contribution in [2.75, 3.05) is 6.61 Å². The van der Waals surface area contributed by atoms with Crippen LogP contribution >= 0.6 is 11.6 Å². The van der Waals surface area contributed by atoms with Crippen LogP contribution in [0.15, 0.2) is 65.6 Å². The van der Waals surface area contributed by atoms with Gasteiger partial charge in [0.1, 0.15) is 6.10 Å². The topological polar surface area (TPSA) is 106 Å². The number of aliphatic hydroxyl groups is 2. The van der Waals surface area contributed by atoms with Crippen molar-refractivity contribution in [1.82, 2.24) is 3.97 Å². The van der Waals surface area contributed by atoms with Crippen molar-refractivity contribution in [3.63, 3.8) is 0 Å². The summed E-state index contributed by atoms with van der Waals surface area (Å²) in [6, 6.07) is 17.1. The molecule has 0 bridgehead atoms. The van der Waals surface area contributed by atoms with Crippen LogP contribution in [-0.4, -0.2) is 29.2 Å². The fourth-order valence-corrected chi connectivity index (χ4v) is 6.52. The summed E-state index contributed by atoms with van der Waals surface area (Å²) < 4.78 is 29.3. The molecular formula is C26H25ClN2O4S. The van der Waals surface area contributed by atoms with E-state index in [2.05, 4.69) is 0 Å². The van der Waals surface area contributed by atoms with E-state index in [-0.39, 0.29) is 10.9 Å². The van der Waals surface area contributed by atoms with E-state index in [0.29, 0.717) is 27.4 Å². The standard InChI is InChI=1S/C26H25ClN2O4S/c1-15-2-4-19(5-3-15)34(32,33)29-24-9-7-21-20(6-8-23(21)28)22(24)13-25(29)16-10-17(26(31)14-30)12-18(27)11-16/h2-5,7,9-13,23,26,30-31H,6,8,14,28H2,1H3/t23-,26+/m1/s1. The summed E-state index contributed by atoms with van der Waals surface area (Å²) >= 11 is 6.35.